The number of carbonyl (C=O) groups excluding carboxylic acids is 1. The van der Waals surface area contributed by atoms with Gasteiger partial charge in [0.15, 0.2) is 9.84 Å². The molecule has 0 heterocycles. The van der Waals surface area contributed by atoms with Crippen molar-refractivity contribution in [3.63, 3.8) is 0 Å². The zero-order valence-electron chi connectivity index (χ0n) is 13.7. The fourth-order valence-electron chi connectivity index (χ4n) is 2.24. The van der Waals surface area contributed by atoms with Crippen molar-refractivity contribution in [3.05, 3.63) is 52.5 Å². The minimum absolute atomic E-state index is 0.0450. The van der Waals surface area contributed by atoms with Crippen LogP contribution in [0.3, 0.4) is 0 Å². The van der Waals surface area contributed by atoms with E-state index in [1.165, 1.54) is 6.07 Å². The Labute approximate surface area is 147 Å². The molecule has 0 spiro atoms. The van der Waals surface area contributed by atoms with Gasteiger partial charge in [-0.2, -0.15) is 0 Å². The van der Waals surface area contributed by atoms with E-state index in [1.54, 1.807) is 13.0 Å². The molecule has 0 saturated heterocycles. The molecular weight excluding hydrogens is 348 g/mol. The first-order valence-corrected chi connectivity index (χ1v) is 9.55. The number of benzene rings is 2. The number of nitrogens with one attached hydrogen (secondary N) is 2. The van der Waals surface area contributed by atoms with Gasteiger partial charge in [-0.25, -0.2) is 8.42 Å². The lowest BCUT2D eigenvalue weighted by molar-refractivity contribution is -0.114. The third-order valence-corrected chi connectivity index (χ3v) is 5.23. The van der Waals surface area contributed by atoms with Crippen LogP contribution < -0.4 is 10.6 Å². The summed E-state index contributed by atoms with van der Waals surface area (Å²) in [5.41, 5.74) is 2.98. The van der Waals surface area contributed by atoms with Crippen LogP contribution in [0.15, 0.2) is 41.3 Å². The molecule has 0 saturated carbocycles. The molecule has 2 N–H and O–H groups in total. The summed E-state index contributed by atoms with van der Waals surface area (Å²) in [5, 5.41) is 5.94. The molecule has 24 heavy (non-hydrogen) atoms. The van der Waals surface area contributed by atoms with Crippen LogP contribution >= 0.6 is 11.6 Å². The highest BCUT2D eigenvalue weighted by Crippen LogP contribution is 2.30. The molecule has 0 bridgehead atoms. The van der Waals surface area contributed by atoms with Gasteiger partial charge in [0, 0.05) is 17.6 Å². The summed E-state index contributed by atoms with van der Waals surface area (Å²) in [6, 6.07) is 10.5. The number of sulfone groups is 1. The molecule has 0 fully saturated rings. The van der Waals surface area contributed by atoms with Crippen molar-refractivity contribution in [2.45, 2.75) is 18.7 Å². The van der Waals surface area contributed by atoms with Crippen LogP contribution in [0.2, 0.25) is 5.02 Å². The van der Waals surface area contributed by atoms with Crippen LogP contribution in [-0.4, -0.2) is 27.1 Å². The predicted octanol–water partition coefficient (Wildman–Crippen LogP) is 3.41. The average Bonchev–Trinajstić information content (AvgIpc) is 2.47. The predicted molar refractivity (Wildman–Crippen MR) is 97.6 cm³/mol. The topological polar surface area (TPSA) is 75.3 Å². The normalized spacial score (nSPS) is 11.2. The zero-order chi connectivity index (χ0) is 17.9. The van der Waals surface area contributed by atoms with E-state index in [0.717, 1.165) is 17.5 Å². The first-order chi connectivity index (χ1) is 11.2. The lowest BCUT2D eigenvalue weighted by Crippen LogP contribution is -2.22. The third-order valence-electron chi connectivity index (χ3n) is 3.49. The Morgan fingerprint density at radius 1 is 1.17 bits per heavy atom. The first-order valence-electron chi connectivity index (χ1n) is 7.28. The highest BCUT2D eigenvalue weighted by Gasteiger charge is 2.16. The molecule has 0 aliphatic heterocycles. The highest BCUT2D eigenvalue weighted by molar-refractivity contribution is 7.90. The van der Waals surface area contributed by atoms with E-state index in [9.17, 15) is 13.2 Å². The van der Waals surface area contributed by atoms with Crippen LogP contribution in [0.4, 0.5) is 11.4 Å². The van der Waals surface area contributed by atoms with Crippen LogP contribution in [0.1, 0.15) is 11.1 Å². The number of anilines is 2. The molecule has 2 aromatic carbocycles. The van der Waals surface area contributed by atoms with Crippen molar-refractivity contribution in [1.29, 1.82) is 0 Å². The summed E-state index contributed by atoms with van der Waals surface area (Å²) >= 11 is 6.13. The smallest absolute Gasteiger partial charge is 0.243 e. The van der Waals surface area contributed by atoms with Gasteiger partial charge in [-0.1, -0.05) is 23.7 Å². The van der Waals surface area contributed by atoms with E-state index in [2.05, 4.69) is 10.6 Å². The maximum absolute atomic E-state index is 12.0. The minimum atomic E-state index is -3.39. The molecule has 7 heteroatoms. The van der Waals surface area contributed by atoms with Crippen molar-refractivity contribution in [1.82, 2.24) is 0 Å². The SMILES string of the molecule is Cc1cccc(NC(=O)CNc2ccc(S(C)(=O)=O)c(Cl)c2C)c1. The minimum Gasteiger partial charge on any atom is -0.376 e. The summed E-state index contributed by atoms with van der Waals surface area (Å²) < 4.78 is 23.3. The number of hydrogen-bond acceptors (Lipinski definition) is 4. The number of halogens is 1. The molecule has 0 aliphatic rings. The molecule has 0 atom stereocenters. The molecule has 5 nitrogen and oxygen atoms in total. The van der Waals surface area contributed by atoms with Crippen LogP contribution in [0.5, 0.6) is 0 Å². The van der Waals surface area contributed by atoms with Crippen molar-refractivity contribution in [2.24, 2.45) is 0 Å². The number of aryl methyl sites for hydroxylation is 1. The Morgan fingerprint density at radius 2 is 1.88 bits per heavy atom. The van der Waals surface area contributed by atoms with Crippen molar-refractivity contribution in [3.8, 4) is 0 Å². The summed E-state index contributed by atoms with van der Waals surface area (Å²) in [7, 11) is -3.39. The maximum Gasteiger partial charge on any atom is 0.243 e. The molecule has 2 rings (SSSR count). The Hall–Kier alpha value is -2.05. The second-order valence-corrected chi connectivity index (χ2v) is 7.96. The van der Waals surface area contributed by atoms with E-state index >= 15 is 0 Å². The van der Waals surface area contributed by atoms with Gasteiger partial charge in [-0.3, -0.25) is 4.79 Å². The number of carbonyl (C=O) groups is 1. The zero-order valence-corrected chi connectivity index (χ0v) is 15.3. The Kier molecular flexibility index (Phi) is 5.51. The Bertz CT molecular complexity index is 879. The lowest BCUT2D eigenvalue weighted by atomic mass is 10.2. The van der Waals surface area contributed by atoms with Crippen molar-refractivity contribution in [2.75, 3.05) is 23.4 Å². The quantitative estimate of drug-likeness (QED) is 0.850. The molecule has 0 aromatic heterocycles. The number of hydrogen-bond donors (Lipinski definition) is 2. The van der Waals surface area contributed by atoms with Crippen LogP contribution in [0.25, 0.3) is 0 Å². The summed E-state index contributed by atoms with van der Waals surface area (Å²) in [6.07, 6.45) is 1.11. The molecule has 0 radical (unpaired) electrons. The molecule has 2 aromatic rings. The van der Waals surface area contributed by atoms with E-state index in [1.807, 2.05) is 31.2 Å². The van der Waals surface area contributed by atoms with Gasteiger partial charge in [-0.05, 0) is 49.2 Å². The number of rotatable bonds is 5. The summed E-state index contributed by atoms with van der Waals surface area (Å²) in [4.78, 5) is 12.1. The monoisotopic (exact) mass is 366 g/mol. The van der Waals surface area contributed by atoms with Gasteiger partial charge in [0.2, 0.25) is 5.91 Å². The standard InChI is InChI=1S/C17H19ClN2O3S/c1-11-5-4-6-13(9-11)20-16(21)10-19-14-7-8-15(24(3,22)23)17(18)12(14)2/h4-9,19H,10H2,1-3H3,(H,20,21). The van der Waals surface area contributed by atoms with Crippen LogP contribution in [-0.2, 0) is 14.6 Å². The van der Waals surface area contributed by atoms with E-state index in [-0.39, 0.29) is 22.4 Å². The van der Waals surface area contributed by atoms with E-state index in [4.69, 9.17) is 11.6 Å². The summed E-state index contributed by atoms with van der Waals surface area (Å²) in [5.74, 6) is -0.205. The van der Waals surface area contributed by atoms with Crippen molar-refractivity contribution < 1.29 is 13.2 Å². The van der Waals surface area contributed by atoms with E-state index < -0.39 is 9.84 Å². The fourth-order valence-corrected chi connectivity index (χ4v) is 3.62. The van der Waals surface area contributed by atoms with Crippen molar-refractivity contribution >= 4 is 38.7 Å². The van der Waals surface area contributed by atoms with Gasteiger partial charge in [0.1, 0.15) is 0 Å². The molecular formula is C17H19ClN2O3S. The molecule has 0 aliphatic carbocycles. The second kappa shape index (κ2) is 7.23. The van der Waals surface area contributed by atoms with Gasteiger partial charge in [0.05, 0.1) is 16.5 Å². The molecule has 0 unspecified atom stereocenters. The third kappa shape index (κ3) is 4.49. The maximum atomic E-state index is 12.0. The Balaban J connectivity index is 2.07. The van der Waals surface area contributed by atoms with Gasteiger partial charge >= 0.3 is 0 Å². The fraction of sp³-hybridized carbons (Fsp3) is 0.235. The van der Waals surface area contributed by atoms with Gasteiger partial charge < -0.3 is 10.6 Å². The van der Waals surface area contributed by atoms with Gasteiger partial charge in [0.25, 0.3) is 0 Å². The lowest BCUT2D eigenvalue weighted by Gasteiger charge is -2.13. The second-order valence-electron chi connectivity index (χ2n) is 5.59. The summed E-state index contributed by atoms with van der Waals surface area (Å²) in [6.45, 7) is 3.70. The average molecular weight is 367 g/mol. The molecule has 128 valence electrons. The van der Waals surface area contributed by atoms with E-state index in [0.29, 0.717) is 11.3 Å². The van der Waals surface area contributed by atoms with Gasteiger partial charge in [-0.15, -0.1) is 0 Å². The largest absolute Gasteiger partial charge is 0.376 e. The first kappa shape index (κ1) is 18.3. The highest BCUT2D eigenvalue weighted by atomic mass is 35.5. The van der Waals surface area contributed by atoms with Crippen LogP contribution in [0, 0.1) is 13.8 Å². The Morgan fingerprint density at radius 3 is 2.50 bits per heavy atom. The molecule has 1 amide bonds. The number of amides is 1.